The second-order valence-corrected chi connectivity index (χ2v) is 4.30. The van der Waals surface area contributed by atoms with E-state index >= 15 is 0 Å². The van der Waals surface area contributed by atoms with Gasteiger partial charge in [0.2, 0.25) is 0 Å². The largest absolute Gasteiger partial charge is 0.494 e. The van der Waals surface area contributed by atoms with E-state index in [0.29, 0.717) is 19.6 Å². The van der Waals surface area contributed by atoms with Crippen LogP contribution in [0.3, 0.4) is 0 Å². The first-order valence-electron chi connectivity index (χ1n) is 6.37. The number of aromatic nitrogens is 1. The van der Waals surface area contributed by atoms with Gasteiger partial charge in [-0.05, 0) is 12.1 Å². The van der Waals surface area contributed by atoms with Crippen LogP contribution in [0.2, 0.25) is 0 Å². The maximum Gasteiger partial charge on any atom is 0.312 e. The molecule has 0 aliphatic rings. The molecule has 0 aliphatic carbocycles. The van der Waals surface area contributed by atoms with Crippen LogP contribution in [-0.4, -0.2) is 31.2 Å². The first kappa shape index (κ1) is 14.1. The van der Waals surface area contributed by atoms with Gasteiger partial charge in [-0.3, -0.25) is 0 Å². The number of nitrogens with one attached hydrogen (secondary N) is 2. The number of benzene rings is 1. The van der Waals surface area contributed by atoms with Gasteiger partial charge in [-0.1, -0.05) is 18.2 Å². The third-order valence-corrected chi connectivity index (χ3v) is 2.87. The molecule has 2 rings (SSSR count). The number of para-hydroxylation sites is 1. The van der Waals surface area contributed by atoms with Crippen molar-refractivity contribution >= 4 is 16.9 Å². The molecule has 0 aliphatic heterocycles. The van der Waals surface area contributed by atoms with Crippen molar-refractivity contribution in [2.45, 2.75) is 6.54 Å². The molecule has 0 saturated heterocycles. The maximum absolute atomic E-state index is 10.5. The lowest BCUT2D eigenvalue weighted by atomic mass is 10.2. The van der Waals surface area contributed by atoms with E-state index in [-0.39, 0.29) is 0 Å². The minimum absolute atomic E-state index is 0.492. The molecule has 1 aromatic carbocycles. The minimum Gasteiger partial charge on any atom is -0.494 e. The summed E-state index contributed by atoms with van der Waals surface area (Å²) in [6.07, 6.45) is 0. The van der Waals surface area contributed by atoms with Gasteiger partial charge in [0, 0.05) is 25.0 Å². The van der Waals surface area contributed by atoms with Gasteiger partial charge in [-0.15, -0.1) is 0 Å². The van der Waals surface area contributed by atoms with Crippen molar-refractivity contribution in [2.75, 3.05) is 20.2 Å². The van der Waals surface area contributed by atoms with Crippen LogP contribution in [0.4, 0.5) is 4.79 Å². The topological polar surface area (TPSA) is 89.3 Å². The zero-order valence-corrected chi connectivity index (χ0v) is 11.3. The smallest absolute Gasteiger partial charge is 0.312 e. The predicted molar refractivity (Wildman–Crippen MR) is 77.6 cm³/mol. The first-order valence-corrected chi connectivity index (χ1v) is 6.37. The zero-order valence-electron chi connectivity index (χ0n) is 11.3. The SMILES string of the molecule is COc1cccc2ccc(CNCCNC(N)=O)nc12. The number of primary amides is 1. The van der Waals surface area contributed by atoms with Gasteiger partial charge in [0.15, 0.2) is 0 Å². The van der Waals surface area contributed by atoms with E-state index in [4.69, 9.17) is 10.5 Å². The molecule has 0 radical (unpaired) electrons. The molecule has 0 bridgehead atoms. The highest BCUT2D eigenvalue weighted by Gasteiger charge is 2.03. The molecule has 1 heterocycles. The number of carbonyl (C=O) groups is 1. The molecule has 2 aromatic rings. The number of urea groups is 1. The normalized spacial score (nSPS) is 10.4. The van der Waals surface area contributed by atoms with Gasteiger partial charge < -0.3 is 21.1 Å². The number of hydrogen-bond acceptors (Lipinski definition) is 4. The Balaban J connectivity index is 1.99. The van der Waals surface area contributed by atoms with Gasteiger partial charge in [-0.25, -0.2) is 9.78 Å². The Morgan fingerprint density at radius 2 is 2.15 bits per heavy atom. The fourth-order valence-corrected chi connectivity index (χ4v) is 1.91. The number of methoxy groups -OCH3 is 1. The third-order valence-electron chi connectivity index (χ3n) is 2.87. The van der Waals surface area contributed by atoms with Crippen molar-refractivity contribution in [2.24, 2.45) is 5.73 Å². The lowest BCUT2D eigenvalue weighted by Crippen LogP contribution is -2.35. The standard InChI is InChI=1S/C14H18N4O2/c1-20-12-4-2-3-10-5-6-11(18-13(10)12)9-16-7-8-17-14(15)19/h2-6,16H,7-9H2,1H3,(H3,15,17,19). The van der Waals surface area contributed by atoms with Gasteiger partial charge in [0.1, 0.15) is 11.3 Å². The lowest BCUT2D eigenvalue weighted by Gasteiger charge is -2.08. The second kappa shape index (κ2) is 6.72. The molecule has 0 unspecified atom stereocenters. The Labute approximate surface area is 117 Å². The summed E-state index contributed by atoms with van der Waals surface area (Å²) in [5.41, 5.74) is 6.75. The van der Waals surface area contributed by atoms with Gasteiger partial charge in [0.05, 0.1) is 12.8 Å². The van der Waals surface area contributed by atoms with E-state index < -0.39 is 6.03 Å². The quantitative estimate of drug-likeness (QED) is 0.686. The minimum atomic E-state index is -0.514. The Bertz CT molecular complexity index is 601. The van der Waals surface area contributed by atoms with Crippen molar-refractivity contribution in [3.05, 3.63) is 36.0 Å². The second-order valence-electron chi connectivity index (χ2n) is 4.30. The number of nitrogens with two attached hydrogens (primary N) is 1. The van der Waals surface area contributed by atoms with Crippen molar-refractivity contribution in [1.82, 2.24) is 15.6 Å². The molecule has 0 spiro atoms. The summed E-state index contributed by atoms with van der Waals surface area (Å²) in [4.78, 5) is 15.1. The molecule has 6 heteroatoms. The highest BCUT2D eigenvalue weighted by molar-refractivity contribution is 5.84. The number of nitrogens with zero attached hydrogens (tertiary/aromatic N) is 1. The van der Waals surface area contributed by atoms with Crippen LogP contribution in [0.25, 0.3) is 10.9 Å². The Morgan fingerprint density at radius 3 is 2.90 bits per heavy atom. The van der Waals surface area contributed by atoms with E-state index in [9.17, 15) is 4.79 Å². The highest BCUT2D eigenvalue weighted by atomic mass is 16.5. The number of amides is 2. The van der Waals surface area contributed by atoms with Crippen LogP contribution in [-0.2, 0) is 6.54 Å². The number of hydrogen-bond donors (Lipinski definition) is 3. The summed E-state index contributed by atoms with van der Waals surface area (Å²) < 4.78 is 5.31. The van der Waals surface area contributed by atoms with Gasteiger partial charge in [-0.2, -0.15) is 0 Å². The van der Waals surface area contributed by atoms with E-state index in [1.807, 2.05) is 30.3 Å². The van der Waals surface area contributed by atoms with Crippen LogP contribution < -0.4 is 21.1 Å². The first-order chi connectivity index (χ1) is 9.70. The molecule has 0 atom stereocenters. The average molecular weight is 274 g/mol. The molecule has 20 heavy (non-hydrogen) atoms. The van der Waals surface area contributed by atoms with Gasteiger partial charge >= 0.3 is 6.03 Å². The molecule has 1 aromatic heterocycles. The van der Waals surface area contributed by atoms with E-state index in [0.717, 1.165) is 22.3 Å². The monoisotopic (exact) mass is 274 g/mol. The van der Waals surface area contributed by atoms with E-state index in [2.05, 4.69) is 15.6 Å². The third kappa shape index (κ3) is 3.58. The van der Waals surface area contributed by atoms with Crippen LogP contribution in [0.1, 0.15) is 5.69 Å². The number of rotatable bonds is 6. The Kier molecular flexibility index (Phi) is 4.73. The molecule has 0 fully saturated rings. The van der Waals surface area contributed by atoms with Crippen LogP contribution in [0.15, 0.2) is 30.3 Å². The molecule has 6 nitrogen and oxygen atoms in total. The van der Waals surface area contributed by atoms with E-state index in [1.54, 1.807) is 7.11 Å². The summed E-state index contributed by atoms with van der Waals surface area (Å²) in [6, 6.07) is 9.30. The fourth-order valence-electron chi connectivity index (χ4n) is 1.91. The summed E-state index contributed by atoms with van der Waals surface area (Å²) in [6.45, 7) is 1.75. The highest BCUT2D eigenvalue weighted by Crippen LogP contribution is 2.23. The number of ether oxygens (including phenoxy) is 1. The summed E-state index contributed by atoms with van der Waals surface area (Å²) in [5.74, 6) is 0.764. The van der Waals surface area contributed by atoms with Crippen molar-refractivity contribution in [3.8, 4) is 5.75 Å². The summed E-state index contributed by atoms with van der Waals surface area (Å²) in [7, 11) is 1.64. The Morgan fingerprint density at radius 1 is 1.30 bits per heavy atom. The van der Waals surface area contributed by atoms with Crippen LogP contribution >= 0.6 is 0 Å². The fraction of sp³-hybridized carbons (Fsp3) is 0.286. The lowest BCUT2D eigenvalue weighted by molar-refractivity contribution is 0.249. The number of carbonyl (C=O) groups excluding carboxylic acids is 1. The summed E-state index contributed by atoms with van der Waals surface area (Å²) >= 11 is 0. The number of fused-ring (bicyclic) bond motifs is 1. The van der Waals surface area contributed by atoms with Crippen molar-refractivity contribution in [3.63, 3.8) is 0 Å². The predicted octanol–water partition coefficient (Wildman–Crippen LogP) is 1.00. The van der Waals surface area contributed by atoms with Crippen LogP contribution in [0, 0.1) is 0 Å². The maximum atomic E-state index is 10.5. The van der Waals surface area contributed by atoms with Crippen molar-refractivity contribution in [1.29, 1.82) is 0 Å². The molecular weight excluding hydrogens is 256 g/mol. The zero-order chi connectivity index (χ0) is 14.4. The van der Waals surface area contributed by atoms with Crippen LogP contribution in [0.5, 0.6) is 5.75 Å². The molecule has 106 valence electrons. The van der Waals surface area contributed by atoms with Crippen molar-refractivity contribution < 1.29 is 9.53 Å². The molecule has 0 saturated carbocycles. The van der Waals surface area contributed by atoms with E-state index in [1.165, 1.54) is 0 Å². The molecule has 4 N–H and O–H groups in total. The molecule has 2 amide bonds. The Hall–Kier alpha value is -2.34. The number of pyridine rings is 1. The average Bonchev–Trinajstić information content (AvgIpc) is 2.45. The molecular formula is C14H18N4O2. The van der Waals surface area contributed by atoms with Gasteiger partial charge in [0.25, 0.3) is 0 Å². The summed E-state index contributed by atoms with van der Waals surface area (Å²) in [5, 5.41) is 6.75.